The van der Waals surface area contributed by atoms with Gasteiger partial charge in [-0.05, 0) is 24.5 Å². The van der Waals surface area contributed by atoms with Gasteiger partial charge in [0.15, 0.2) is 0 Å². The van der Waals surface area contributed by atoms with E-state index in [0.717, 1.165) is 11.1 Å². The highest BCUT2D eigenvalue weighted by Gasteiger charge is 2.23. The molecule has 1 aromatic rings. The first-order valence-electron chi connectivity index (χ1n) is 5.58. The quantitative estimate of drug-likeness (QED) is 0.819. The van der Waals surface area contributed by atoms with E-state index in [-0.39, 0.29) is 0 Å². The van der Waals surface area contributed by atoms with Crippen molar-refractivity contribution < 1.29 is 13.0 Å². The smallest absolute Gasteiger partial charge is 0.271 e. The van der Waals surface area contributed by atoms with Crippen LogP contribution in [0.3, 0.4) is 0 Å². The summed E-state index contributed by atoms with van der Waals surface area (Å²) in [6.45, 7) is 7.60. The van der Waals surface area contributed by atoms with Crippen LogP contribution in [0.4, 0.5) is 0 Å². The van der Waals surface area contributed by atoms with E-state index in [1.54, 1.807) is 12.1 Å². The third kappa shape index (κ3) is 3.68. The topological polar surface area (TPSA) is 54.4 Å². The van der Waals surface area contributed by atoms with Crippen LogP contribution in [0.5, 0.6) is 0 Å². The van der Waals surface area contributed by atoms with E-state index < -0.39 is 15.4 Å². The molecule has 0 aliphatic carbocycles. The van der Waals surface area contributed by atoms with E-state index >= 15 is 0 Å². The van der Waals surface area contributed by atoms with Gasteiger partial charge >= 0.3 is 0 Å². The van der Waals surface area contributed by atoms with Crippen molar-refractivity contribution in [1.82, 2.24) is 0 Å². The fraction of sp³-hybridized carbons (Fsp3) is 0.385. The van der Waals surface area contributed by atoms with Crippen LogP contribution in [0.2, 0.25) is 0 Å². The molecule has 0 aromatic heterocycles. The SMILES string of the molecule is C=C(C)c1ccc(C(CCC)S(=O)(=O)O)cc1. The molecular formula is C13H18O3S. The summed E-state index contributed by atoms with van der Waals surface area (Å²) in [4.78, 5) is 0. The molecule has 0 radical (unpaired) electrons. The van der Waals surface area contributed by atoms with Crippen LogP contribution in [-0.4, -0.2) is 13.0 Å². The summed E-state index contributed by atoms with van der Waals surface area (Å²) in [7, 11) is -4.04. The Bertz CT molecular complexity index is 486. The van der Waals surface area contributed by atoms with Crippen LogP contribution in [0.15, 0.2) is 30.8 Å². The number of allylic oxidation sites excluding steroid dienone is 1. The molecule has 0 amide bonds. The molecular weight excluding hydrogens is 236 g/mol. The lowest BCUT2D eigenvalue weighted by atomic mass is 10.0. The van der Waals surface area contributed by atoms with Gasteiger partial charge in [0.2, 0.25) is 0 Å². The zero-order valence-corrected chi connectivity index (χ0v) is 11.0. The molecule has 0 heterocycles. The van der Waals surface area contributed by atoms with Crippen LogP contribution < -0.4 is 0 Å². The number of hydrogen-bond acceptors (Lipinski definition) is 2. The normalized spacial score (nSPS) is 13.4. The lowest BCUT2D eigenvalue weighted by Crippen LogP contribution is -2.12. The third-order valence-corrected chi connectivity index (χ3v) is 3.91. The Hall–Kier alpha value is -1.13. The molecule has 0 spiro atoms. The molecule has 1 rings (SSSR count). The van der Waals surface area contributed by atoms with Crippen molar-refractivity contribution in [2.75, 3.05) is 0 Å². The Labute approximate surface area is 103 Å². The van der Waals surface area contributed by atoms with Gasteiger partial charge in [0.25, 0.3) is 10.1 Å². The third-order valence-electron chi connectivity index (χ3n) is 2.69. The Morgan fingerprint density at radius 1 is 1.35 bits per heavy atom. The number of rotatable bonds is 5. The van der Waals surface area contributed by atoms with Crippen molar-refractivity contribution in [2.24, 2.45) is 0 Å². The molecule has 17 heavy (non-hydrogen) atoms. The summed E-state index contributed by atoms with van der Waals surface area (Å²) in [5.41, 5.74) is 2.52. The molecule has 1 N–H and O–H groups in total. The molecule has 1 atom stereocenters. The highest BCUT2D eigenvalue weighted by molar-refractivity contribution is 7.86. The van der Waals surface area contributed by atoms with Crippen LogP contribution in [0, 0.1) is 0 Å². The molecule has 0 aliphatic rings. The number of hydrogen-bond donors (Lipinski definition) is 1. The Morgan fingerprint density at radius 2 is 1.88 bits per heavy atom. The second-order valence-corrected chi connectivity index (χ2v) is 5.79. The van der Waals surface area contributed by atoms with Crippen molar-refractivity contribution in [3.63, 3.8) is 0 Å². The summed E-state index contributed by atoms with van der Waals surface area (Å²) >= 11 is 0. The van der Waals surface area contributed by atoms with Gasteiger partial charge in [0.1, 0.15) is 5.25 Å². The van der Waals surface area contributed by atoms with E-state index in [0.29, 0.717) is 18.4 Å². The molecule has 0 saturated carbocycles. The average molecular weight is 254 g/mol. The first-order valence-corrected chi connectivity index (χ1v) is 7.08. The maximum absolute atomic E-state index is 11.3. The van der Waals surface area contributed by atoms with Crippen LogP contribution in [0.25, 0.3) is 5.57 Å². The number of benzene rings is 1. The second-order valence-electron chi connectivity index (χ2n) is 4.19. The van der Waals surface area contributed by atoms with Crippen molar-refractivity contribution in [3.8, 4) is 0 Å². The van der Waals surface area contributed by atoms with Gasteiger partial charge in [-0.1, -0.05) is 49.8 Å². The minimum Gasteiger partial charge on any atom is -0.285 e. The van der Waals surface area contributed by atoms with Crippen molar-refractivity contribution >= 4 is 15.7 Å². The minimum absolute atomic E-state index is 0.422. The second kappa shape index (κ2) is 5.47. The molecule has 3 nitrogen and oxygen atoms in total. The maximum Gasteiger partial charge on any atom is 0.271 e. The fourth-order valence-electron chi connectivity index (χ4n) is 1.73. The van der Waals surface area contributed by atoms with E-state index in [2.05, 4.69) is 6.58 Å². The molecule has 94 valence electrons. The standard InChI is InChI=1S/C13H18O3S/c1-4-5-13(17(14,15)16)12-8-6-11(7-9-12)10(2)3/h6-9,13H,2,4-5H2,1,3H3,(H,14,15,16). The van der Waals surface area contributed by atoms with Gasteiger partial charge < -0.3 is 0 Å². The molecule has 1 aromatic carbocycles. The lowest BCUT2D eigenvalue weighted by Gasteiger charge is -2.13. The van der Waals surface area contributed by atoms with Gasteiger partial charge in [-0.2, -0.15) is 8.42 Å². The van der Waals surface area contributed by atoms with Crippen LogP contribution >= 0.6 is 0 Å². The van der Waals surface area contributed by atoms with Crippen molar-refractivity contribution in [3.05, 3.63) is 42.0 Å². The predicted octanol–water partition coefficient (Wildman–Crippen LogP) is 3.45. The Morgan fingerprint density at radius 3 is 2.24 bits per heavy atom. The molecule has 4 heteroatoms. The summed E-state index contributed by atoms with van der Waals surface area (Å²) in [5, 5.41) is -0.827. The van der Waals surface area contributed by atoms with Gasteiger partial charge in [0, 0.05) is 0 Å². The van der Waals surface area contributed by atoms with Gasteiger partial charge in [-0.3, -0.25) is 4.55 Å². The molecule has 0 saturated heterocycles. The minimum atomic E-state index is -4.04. The largest absolute Gasteiger partial charge is 0.285 e. The predicted molar refractivity (Wildman–Crippen MR) is 70.3 cm³/mol. The molecule has 0 aliphatic heterocycles. The summed E-state index contributed by atoms with van der Waals surface area (Å²) < 4.78 is 31.8. The van der Waals surface area contributed by atoms with Crippen molar-refractivity contribution in [2.45, 2.75) is 31.9 Å². The monoisotopic (exact) mass is 254 g/mol. The van der Waals surface area contributed by atoms with Gasteiger partial charge in [-0.15, -0.1) is 0 Å². The molecule has 0 bridgehead atoms. The van der Waals surface area contributed by atoms with E-state index in [1.165, 1.54) is 0 Å². The molecule has 0 fully saturated rings. The average Bonchev–Trinajstić information content (AvgIpc) is 2.24. The fourth-order valence-corrected chi connectivity index (χ4v) is 2.77. The van der Waals surface area contributed by atoms with E-state index in [1.807, 2.05) is 26.0 Å². The van der Waals surface area contributed by atoms with Gasteiger partial charge in [-0.25, -0.2) is 0 Å². The molecule has 1 unspecified atom stereocenters. The van der Waals surface area contributed by atoms with E-state index in [9.17, 15) is 13.0 Å². The summed E-state index contributed by atoms with van der Waals surface area (Å²) in [6, 6.07) is 7.12. The Balaban J connectivity index is 3.08. The van der Waals surface area contributed by atoms with Gasteiger partial charge in [0.05, 0.1) is 0 Å². The highest BCUT2D eigenvalue weighted by atomic mass is 32.2. The van der Waals surface area contributed by atoms with Crippen LogP contribution in [-0.2, 0) is 10.1 Å². The summed E-state index contributed by atoms with van der Waals surface area (Å²) in [6.07, 6.45) is 1.12. The summed E-state index contributed by atoms with van der Waals surface area (Å²) in [5.74, 6) is 0. The zero-order chi connectivity index (χ0) is 13.1. The van der Waals surface area contributed by atoms with Crippen LogP contribution in [0.1, 0.15) is 43.1 Å². The maximum atomic E-state index is 11.3. The first-order chi connectivity index (χ1) is 7.86. The first kappa shape index (κ1) is 13.9. The van der Waals surface area contributed by atoms with E-state index in [4.69, 9.17) is 0 Å². The van der Waals surface area contributed by atoms with Crippen molar-refractivity contribution in [1.29, 1.82) is 0 Å². The Kier molecular flexibility index (Phi) is 4.48. The zero-order valence-electron chi connectivity index (χ0n) is 10.2. The highest BCUT2D eigenvalue weighted by Crippen LogP contribution is 2.27. The lowest BCUT2D eigenvalue weighted by molar-refractivity contribution is 0.463.